The predicted molar refractivity (Wildman–Crippen MR) is 101 cm³/mol. The standard InChI is InChI=1S/C18H14N2O8S/c1-27-18(24)15-16(28-8-9-3-2-4-11(21)5-9)19-17(29-15)10-6-12(20(25)26)14(23)13(22)7-10/h2-7,21-23H,8H2,1H3. The van der Waals surface area contributed by atoms with E-state index in [9.17, 15) is 30.2 Å². The van der Waals surface area contributed by atoms with Crippen molar-refractivity contribution < 1.29 is 34.5 Å². The van der Waals surface area contributed by atoms with E-state index in [0.717, 1.165) is 23.5 Å². The van der Waals surface area contributed by atoms with Gasteiger partial charge in [-0.25, -0.2) is 9.78 Å². The molecule has 0 aliphatic heterocycles. The molecular formula is C18H14N2O8S. The Morgan fingerprint density at radius 3 is 2.66 bits per heavy atom. The van der Waals surface area contributed by atoms with Gasteiger partial charge in [-0.2, -0.15) is 0 Å². The summed E-state index contributed by atoms with van der Waals surface area (Å²) < 4.78 is 10.3. The predicted octanol–water partition coefficient (Wildman–Crippen LogP) is 3.20. The number of rotatable bonds is 6. The summed E-state index contributed by atoms with van der Waals surface area (Å²) in [6.45, 7) is -0.0114. The number of nitro benzene ring substituents is 1. The summed E-state index contributed by atoms with van der Waals surface area (Å²) in [6.07, 6.45) is 0. The number of benzene rings is 2. The lowest BCUT2D eigenvalue weighted by Crippen LogP contribution is -2.03. The molecule has 0 spiro atoms. The van der Waals surface area contributed by atoms with Crippen LogP contribution in [0.4, 0.5) is 5.69 Å². The van der Waals surface area contributed by atoms with Crippen molar-refractivity contribution in [2.45, 2.75) is 6.61 Å². The highest BCUT2D eigenvalue weighted by atomic mass is 32.1. The number of nitrogens with zero attached hydrogens (tertiary/aromatic N) is 2. The number of carbonyl (C=O) groups excluding carboxylic acids is 1. The van der Waals surface area contributed by atoms with Crippen molar-refractivity contribution in [2.24, 2.45) is 0 Å². The lowest BCUT2D eigenvalue weighted by atomic mass is 10.2. The fourth-order valence-corrected chi connectivity index (χ4v) is 3.33. The summed E-state index contributed by atoms with van der Waals surface area (Å²) in [4.78, 5) is 26.5. The van der Waals surface area contributed by atoms with E-state index in [0.29, 0.717) is 5.56 Å². The fraction of sp³-hybridized carbons (Fsp3) is 0.111. The zero-order chi connectivity index (χ0) is 21.1. The Balaban J connectivity index is 1.99. The fourth-order valence-electron chi connectivity index (χ4n) is 2.41. The van der Waals surface area contributed by atoms with Gasteiger partial charge < -0.3 is 24.8 Å². The molecule has 0 aliphatic rings. The second-order valence-corrected chi connectivity index (χ2v) is 6.72. The number of aromatic hydroxyl groups is 3. The molecule has 29 heavy (non-hydrogen) atoms. The van der Waals surface area contributed by atoms with Crippen molar-refractivity contribution in [1.82, 2.24) is 4.98 Å². The van der Waals surface area contributed by atoms with Crippen molar-refractivity contribution in [3.05, 3.63) is 57.0 Å². The first kappa shape index (κ1) is 19.9. The van der Waals surface area contributed by atoms with Gasteiger partial charge in [0.05, 0.1) is 12.0 Å². The van der Waals surface area contributed by atoms with E-state index >= 15 is 0 Å². The number of ether oxygens (including phenoxy) is 2. The lowest BCUT2D eigenvalue weighted by Gasteiger charge is -2.05. The van der Waals surface area contributed by atoms with E-state index in [1.54, 1.807) is 12.1 Å². The maximum absolute atomic E-state index is 12.1. The van der Waals surface area contributed by atoms with E-state index < -0.39 is 28.1 Å². The van der Waals surface area contributed by atoms with Gasteiger partial charge in [-0.1, -0.05) is 12.1 Å². The molecule has 1 aromatic heterocycles. The average Bonchev–Trinajstić information content (AvgIpc) is 3.12. The second-order valence-electron chi connectivity index (χ2n) is 5.72. The van der Waals surface area contributed by atoms with Gasteiger partial charge in [-0.15, -0.1) is 11.3 Å². The quantitative estimate of drug-likeness (QED) is 0.237. The zero-order valence-corrected chi connectivity index (χ0v) is 15.7. The minimum absolute atomic E-state index is 0.0114. The van der Waals surface area contributed by atoms with Crippen molar-refractivity contribution in [3.63, 3.8) is 0 Å². The Morgan fingerprint density at radius 2 is 2.00 bits per heavy atom. The van der Waals surface area contributed by atoms with Crippen LogP contribution in [0.1, 0.15) is 15.2 Å². The maximum Gasteiger partial charge on any atom is 0.353 e. The Bertz CT molecular complexity index is 1100. The summed E-state index contributed by atoms with van der Waals surface area (Å²) in [6, 6.07) is 8.41. The first-order valence-corrected chi connectivity index (χ1v) is 8.82. The molecule has 3 rings (SSSR count). The molecular weight excluding hydrogens is 404 g/mol. The number of hydrogen-bond acceptors (Lipinski definition) is 10. The SMILES string of the molecule is COC(=O)c1sc(-c2cc(O)c(O)c([N+](=O)[O-])c2)nc1OCc1cccc(O)c1. The van der Waals surface area contributed by atoms with Crippen LogP contribution < -0.4 is 4.74 Å². The topological polar surface area (TPSA) is 152 Å². The van der Waals surface area contributed by atoms with Gasteiger partial charge >= 0.3 is 11.7 Å². The summed E-state index contributed by atoms with van der Waals surface area (Å²) >= 11 is 0.843. The molecule has 0 radical (unpaired) electrons. The van der Waals surface area contributed by atoms with Gasteiger partial charge in [0.2, 0.25) is 11.6 Å². The van der Waals surface area contributed by atoms with Crippen LogP contribution >= 0.6 is 11.3 Å². The molecule has 0 atom stereocenters. The Kier molecular flexibility index (Phi) is 5.50. The average molecular weight is 418 g/mol. The molecule has 0 aliphatic carbocycles. The highest BCUT2D eigenvalue weighted by Gasteiger charge is 2.25. The number of carbonyl (C=O) groups is 1. The Morgan fingerprint density at radius 1 is 1.24 bits per heavy atom. The van der Waals surface area contributed by atoms with E-state index in [4.69, 9.17) is 9.47 Å². The Hall–Kier alpha value is -3.86. The van der Waals surface area contributed by atoms with E-state index in [1.807, 2.05) is 0 Å². The molecule has 1 heterocycles. The maximum atomic E-state index is 12.1. The van der Waals surface area contributed by atoms with Crippen molar-refractivity contribution in [3.8, 4) is 33.7 Å². The van der Waals surface area contributed by atoms with Crippen molar-refractivity contribution in [1.29, 1.82) is 0 Å². The number of hydrogen-bond donors (Lipinski definition) is 3. The number of phenolic OH excluding ortho intramolecular Hbond substituents is 3. The van der Waals surface area contributed by atoms with Crippen LogP contribution in [0, 0.1) is 10.1 Å². The number of phenols is 3. The van der Waals surface area contributed by atoms with E-state index in [2.05, 4.69) is 4.98 Å². The number of thiazole rings is 1. The third-order valence-electron chi connectivity index (χ3n) is 3.77. The van der Waals surface area contributed by atoms with Gasteiger partial charge in [0.25, 0.3) is 0 Å². The Labute approximate surface area is 167 Å². The molecule has 0 saturated heterocycles. The second kappa shape index (κ2) is 8.02. The summed E-state index contributed by atoms with van der Waals surface area (Å²) in [5, 5.41) is 40.1. The first-order valence-electron chi connectivity index (χ1n) is 8.00. The molecule has 3 aromatic rings. The largest absolute Gasteiger partial charge is 0.508 e. The van der Waals surface area contributed by atoms with Crippen LogP contribution in [0.3, 0.4) is 0 Å². The van der Waals surface area contributed by atoms with Crippen LogP contribution in [0.15, 0.2) is 36.4 Å². The van der Waals surface area contributed by atoms with Gasteiger partial charge in [0.1, 0.15) is 17.4 Å². The third kappa shape index (κ3) is 4.19. The summed E-state index contributed by atoms with van der Waals surface area (Å²) in [7, 11) is 1.18. The monoisotopic (exact) mass is 418 g/mol. The number of aromatic nitrogens is 1. The van der Waals surface area contributed by atoms with Crippen LogP contribution in [0.5, 0.6) is 23.1 Å². The molecule has 0 amide bonds. The van der Waals surface area contributed by atoms with Gasteiger partial charge in [-0.05, 0) is 23.8 Å². The van der Waals surface area contributed by atoms with Crippen LogP contribution in [-0.4, -0.2) is 38.3 Å². The van der Waals surface area contributed by atoms with Gasteiger partial charge in [0.15, 0.2) is 10.6 Å². The zero-order valence-electron chi connectivity index (χ0n) is 14.9. The molecule has 2 aromatic carbocycles. The minimum atomic E-state index is -0.871. The normalized spacial score (nSPS) is 10.5. The molecule has 150 valence electrons. The van der Waals surface area contributed by atoms with E-state index in [-0.39, 0.29) is 33.7 Å². The van der Waals surface area contributed by atoms with Crippen LogP contribution in [-0.2, 0) is 11.3 Å². The smallest absolute Gasteiger partial charge is 0.353 e. The van der Waals surface area contributed by atoms with E-state index in [1.165, 1.54) is 19.2 Å². The molecule has 11 heteroatoms. The highest BCUT2D eigenvalue weighted by molar-refractivity contribution is 7.17. The summed E-state index contributed by atoms with van der Waals surface area (Å²) in [5.41, 5.74) is 0.0136. The number of nitro groups is 1. The van der Waals surface area contributed by atoms with Crippen molar-refractivity contribution >= 4 is 23.0 Å². The third-order valence-corrected chi connectivity index (χ3v) is 4.83. The summed E-state index contributed by atoms with van der Waals surface area (Å²) in [5.74, 6) is -2.33. The van der Waals surface area contributed by atoms with Crippen LogP contribution in [0.25, 0.3) is 10.6 Å². The molecule has 3 N–H and O–H groups in total. The molecule has 0 unspecified atom stereocenters. The minimum Gasteiger partial charge on any atom is -0.508 e. The molecule has 0 saturated carbocycles. The van der Waals surface area contributed by atoms with Crippen molar-refractivity contribution in [2.75, 3.05) is 7.11 Å². The molecule has 0 fully saturated rings. The first-order chi connectivity index (χ1) is 13.8. The van der Waals surface area contributed by atoms with Gasteiger partial charge in [0, 0.05) is 11.6 Å². The van der Waals surface area contributed by atoms with Crippen LogP contribution in [0.2, 0.25) is 0 Å². The molecule has 10 nitrogen and oxygen atoms in total. The molecule has 0 bridgehead atoms. The number of esters is 1. The lowest BCUT2D eigenvalue weighted by molar-refractivity contribution is -0.385. The number of methoxy groups -OCH3 is 1. The van der Waals surface area contributed by atoms with Gasteiger partial charge in [-0.3, -0.25) is 10.1 Å². The highest BCUT2D eigenvalue weighted by Crippen LogP contribution is 2.42.